The van der Waals surface area contributed by atoms with Gasteiger partial charge >= 0.3 is 0 Å². The van der Waals surface area contributed by atoms with Gasteiger partial charge in [0.2, 0.25) is 0 Å². The highest BCUT2D eigenvalue weighted by atomic mass is 16.1. The van der Waals surface area contributed by atoms with Crippen molar-refractivity contribution in [1.82, 2.24) is 0 Å². The number of aryl methyl sites for hydroxylation is 1. The van der Waals surface area contributed by atoms with Gasteiger partial charge in [0, 0.05) is 18.4 Å². The maximum atomic E-state index is 11.8. The molecule has 1 rings (SSSR count). The smallest absolute Gasteiger partial charge is 0.134 e. The maximum Gasteiger partial charge on any atom is 0.134 e. The zero-order chi connectivity index (χ0) is 19.8. The zero-order valence-electron chi connectivity index (χ0n) is 18.0. The van der Waals surface area contributed by atoms with Crippen LogP contribution >= 0.6 is 0 Å². The van der Waals surface area contributed by atoms with Gasteiger partial charge in [0.1, 0.15) is 5.78 Å². The Kier molecular flexibility index (Phi) is 13.1. The molecule has 0 aliphatic carbocycles. The first-order valence-electron chi connectivity index (χ1n) is 11.3. The Morgan fingerprint density at radius 1 is 0.741 bits per heavy atom. The van der Waals surface area contributed by atoms with Crippen LogP contribution in [0.4, 0.5) is 0 Å². The Labute approximate surface area is 168 Å². The number of hydrogen-bond donors (Lipinski definition) is 1. The Bertz CT molecular complexity index is 475. The molecule has 0 aliphatic rings. The third-order valence-electron chi connectivity index (χ3n) is 5.17. The molecule has 0 aromatic heterocycles. The minimum atomic E-state index is -0.348. The van der Waals surface area contributed by atoms with E-state index in [0.717, 1.165) is 6.42 Å². The molecule has 154 valence electrons. The van der Waals surface area contributed by atoms with Crippen LogP contribution in [0.5, 0.6) is 0 Å². The van der Waals surface area contributed by atoms with Gasteiger partial charge in [-0.25, -0.2) is 0 Å². The molecule has 2 nitrogen and oxygen atoms in total. The van der Waals surface area contributed by atoms with Crippen molar-refractivity contribution in [2.45, 2.75) is 116 Å². The van der Waals surface area contributed by atoms with Gasteiger partial charge in [-0.05, 0) is 38.7 Å². The summed E-state index contributed by atoms with van der Waals surface area (Å²) in [4.78, 5) is 11.8. The molecule has 2 heteroatoms. The lowest BCUT2D eigenvalue weighted by Gasteiger charge is -2.16. The van der Waals surface area contributed by atoms with Gasteiger partial charge < -0.3 is 5.73 Å². The summed E-state index contributed by atoms with van der Waals surface area (Å²) in [6.07, 6.45) is 18.3. The SMILES string of the molecule is CC(C)(N)CC(=O)CCCCCCCCCCCCCCc1ccccc1. The molecule has 0 radical (unpaired) electrons. The molecule has 1 aromatic rings. The average molecular weight is 374 g/mol. The number of benzene rings is 1. The number of nitrogens with two attached hydrogens (primary N) is 1. The maximum absolute atomic E-state index is 11.8. The molecular formula is C25H43NO. The van der Waals surface area contributed by atoms with E-state index in [1.165, 1.54) is 82.6 Å². The predicted molar refractivity (Wildman–Crippen MR) is 118 cm³/mol. The first kappa shape index (κ1) is 23.9. The van der Waals surface area contributed by atoms with Crippen LogP contribution in [0, 0.1) is 0 Å². The van der Waals surface area contributed by atoms with Gasteiger partial charge in [0.25, 0.3) is 0 Å². The number of hydrogen-bond acceptors (Lipinski definition) is 2. The Balaban J connectivity index is 1.77. The second-order valence-corrected chi connectivity index (χ2v) is 8.93. The highest BCUT2D eigenvalue weighted by Crippen LogP contribution is 2.14. The lowest BCUT2D eigenvalue weighted by molar-refractivity contribution is -0.120. The first-order valence-corrected chi connectivity index (χ1v) is 11.3. The fourth-order valence-electron chi connectivity index (χ4n) is 3.66. The van der Waals surface area contributed by atoms with Crippen molar-refractivity contribution in [2.24, 2.45) is 5.73 Å². The third-order valence-corrected chi connectivity index (χ3v) is 5.17. The summed E-state index contributed by atoms with van der Waals surface area (Å²) in [5, 5.41) is 0. The fourth-order valence-corrected chi connectivity index (χ4v) is 3.66. The largest absolute Gasteiger partial charge is 0.325 e. The zero-order valence-corrected chi connectivity index (χ0v) is 18.0. The van der Waals surface area contributed by atoms with Crippen LogP contribution in [0.2, 0.25) is 0 Å². The lowest BCUT2D eigenvalue weighted by atomic mass is 9.96. The summed E-state index contributed by atoms with van der Waals surface area (Å²) in [5.74, 6) is 0.325. The van der Waals surface area contributed by atoms with Crippen molar-refractivity contribution < 1.29 is 4.79 Å². The number of Topliss-reactive ketones (excluding diaryl/α,β-unsaturated/α-hetero) is 1. The van der Waals surface area contributed by atoms with Gasteiger partial charge in [-0.15, -0.1) is 0 Å². The Hall–Kier alpha value is -1.15. The van der Waals surface area contributed by atoms with Crippen molar-refractivity contribution in [1.29, 1.82) is 0 Å². The van der Waals surface area contributed by atoms with Gasteiger partial charge in [-0.2, -0.15) is 0 Å². The summed E-state index contributed by atoms with van der Waals surface area (Å²) >= 11 is 0. The molecule has 0 saturated carbocycles. The third kappa shape index (κ3) is 15.6. The minimum absolute atomic E-state index is 0.325. The Morgan fingerprint density at radius 3 is 1.67 bits per heavy atom. The number of unbranched alkanes of at least 4 members (excludes halogenated alkanes) is 11. The van der Waals surface area contributed by atoms with E-state index >= 15 is 0 Å². The number of ketones is 1. The van der Waals surface area contributed by atoms with Crippen molar-refractivity contribution in [3.63, 3.8) is 0 Å². The molecule has 1 aromatic carbocycles. The lowest BCUT2D eigenvalue weighted by Crippen LogP contribution is -2.34. The summed E-state index contributed by atoms with van der Waals surface area (Å²) in [5.41, 5.74) is 7.01. The van der Waals surface area contributed by atoms with Crippen LogP contribution in [0.25, 0.3) is 0 Å². The van der Waals surface area contributed by atoms with E-state index < -0.39 is 0 Å². The molecule has 0 fully saturated rings. The molecule has 0 spiro atoms. The van der Waals surface area contributed by atoms with Crippen molar-refractivity contribution in [3.05, 3.63) is 35.9 Å². The van der Waals surface area contributed by atoms with E-state index in [0.29, 0.717) is 18.6 Å². The number of carbonyl (C=O) groups excluding carboxylic acids is 1. The number of rotatable bonds is 17. The van der Waals surface area contributed by atoms with Crippen LogP contribution in [0.15, 0.2) is 30.3 Å². The molecule has 0 bridgehead atoms. The molecule has 0 saturated heterocycles. The van der Waals surface area contributed by atoms with E-state index in [1.807, 2.05) is 13.8 Å². The van der Waals surface area contributed by atoms with Crippen LogP contribution in [-0.4, -0.2) is 11.3 Å². The van der Waals surface area contributed by atoms with E-state index in [2.05, 4.69) is 30.3 Å². The van der Waals surface area contributed by atoms with Crippen LogP contribution < -0.4 is 5.73 Å². The summed E-state index contributed by atoms with van der Waals surface area (Å²) in [6, 6.07) is 10.8. The van der Waals surface area contributed by atoms with Crippen molar-refractivity contribution in [2.75, 3.05) is 0 Å². The topological polar surface area (TPSA) is 43.1 Å². The first-order chi connectivity index (χ1) is 13.0. The second kappa shape index (κ2) is 14.9. The predicted octanol–water partition coefficient (Wildman–Crippen LogP) is 7.00. The quantitative estimate of drug-likeness (QED) is 0.299. The van der Waals surface area contributed by atoms with E-state index in [9.17, 15) is 4.79 Å². The van der Waals surface area contributed by atoms with Crippen LogP contribution in [-0.2, 0) is 11.2 Å². The standard InChI is InChI=1S/C25H43NO/c1-25(2,26)22-24(27)21-17-12-10-8-6-4-3-5-7-9-11-14-18-23-19-15-13-16-20-23/h13,15-16,19-20H,3-12,14,17-18,21-22,26H2,1-2H3. The monoisotopic (exact) mass is 373 g/mol. The van der Waals surface area contributed by atoms with E-state index in [-0.39, 0.29) is 5.54 Å². The van der Waals surface area contributed by atoms with Crippen LogP contribution in [0.3, 0.4) is 0 Å². The number of carbonyl (C=O) groups is 1. The highest BCUT2D eigenvalue weighted by Gasteiger charge is 2.15. The van der Waals surface area contributed by atoms with E-state index in [1.54, 1.807) is 0 Å². The summed E-state index contributed by atoms with van der Waals surface area (Å²) in [7, 11) is 0. The van der Waals surface area contributed by atoms with Crippen molar-refractivity contribution >= 4 is 5.78 Å². The molecule has 0 heterocycles. The summed E-state index contributed by atoms with van der Waals surface area (Å²) in [6.45, 7) is 3.85. The van der Waals surface area contributed by atoms with Crippen molar-refractivity contribution in [3.8, 4) is 0 Å². The average Bonchev–Trinajstić information content (AvgIpc) is 2.61. The summed E-state index contributed by atoms with van der Waals surface area (Å²) < 4.78 is 0. The Morgan fingerprint density at radius 2 is 1.19 bits per heavy atom. The second-order valence-electron chi connectivity index (χ2n) is 8.93. The molecule has 0 aliphatic heterocycles. The molecule has 0 amide bonds. The van der Waals surface area contributed by atoms with E-state index in [4.69, 9.17) is 5.73 Å². The minimum Gasteiger partial charge on any atom is -0.325 e. The molecular weight excluding hydrogens is 330 g/mol. The van der Waals surface area contributed by atoms with Crippen LogP contribution in [0.1, 0.15) is 109 Å². The molecule has 0 unspecified atom stereocenters. The molecule has 27 heavy (non-hydrogen) atoms. The molecule has 0 atom stereocenters. The molecule has 2 N–H and O–H groups in total. The van der Waals surface area contributed by atoms with Gasteiger partial charge in [-0.1, -0.05) is 94.5 Å². The fraction of sp³-hybridized carbons (Fsp3) is 0.720. The van der Waals surface area contributed by atoms with Gasteiger partial charge in [0.05, 0.1) is 0 Å². The highest BCUT2D eigenvalue weighted by molar-refractivity contribution is 5.79. The normalized spacial score (nSPS) is 11.7. The van der Waals surface area contributed by atoms with Gasteiger partial charge in [-0.3, -0.25) is 4.79 Å². The van der Waals surface area contributed by atoms with Gasteiger partial charge in [0.15, 0.2) is 0 Å².